The maximum absolute atomic E-state index is 12.3. The van der Waals surface area contributed by atoms with E-state index in [-0.39, 0.29) is 22.9 Å². The topological polar surface area (TPSA) is 94.8 Å². The van der Waals surface area contributed by atoms with Crippen molar-refractivity contribution < 1.29 is 23.5 Å². The van der Waals surface area contributed by atoms with Crippen molar-refractivity contribution in [2.75, 3.05) is 7.11 Å². The summed E-state index contributed by atoms with van der Waals surface area (Å²) in [6.45, 7) is 3.78. The van der Waals surface area contributed by atoms with Crippen molar-refractivity contribution in [1.82, 2.24) is 5.32 Å². The van der Waals surface area contributed by atoms with Gasteiger partial charge in [-0.1, -0.05) is 13.0 Å². The van der Waals surface area contributed by atoms with E-state index in [1.54, 1.807) is 36.4 Å². The van der Waals surface area contributed by atoms with E-state index in [0.29, 0.717) is 16.7 Å². The maximum Gasteiger partial charge on any atom is 0.349 e. The lowest BCUT2D eigenvalue weighted by Crippen LogP contribution is -2.34. The van der Waals surface area contributed by atoms with Crippen LogP contribution in [0.2, 0.25) is 0 Å². The number of amides is 1. The normalized spacial score (nSPS) is 11.7. The van der Waals surface area contributed by atoms with Crippen molar-refractivity contribution in [2.45, 2.75) is 26.3 Å². The van der Waals surface area contributed by atoms with Gasteiger partial charge in [0.25, 0.3) is 5.91 Å². The molecule has 0 aliphatic heterocycles. The number of carbonyl (C=O) groups is 2. The molecule has 0 fully saturated rings. The molecule has 3 aromatic rings. The number of hydrogen-bond acceptors (Lipinski definition) is 6. The minimum Gasteiger partial charge on any atom is -0.497 e. The van der Waals surface area contributed by atoms with Crippen molar-refractivity contribution in [3.05, 3.63) is 70.1 Å². The second kappa shape index (κ2) is 8.60. The zero-order valence-electron chi connectivity index (χ0n) is 16.4. The molecule has 1 heterocycles. The molecule has 0 aliphatic rings. The van der Waals surface area contributed by atoms with Gasteiger partial charge < -0.3 is 19.2 Å². The Morgan fingerprint density at radius 2 is 1.90 bits per heavy atom. The van der Waals surface area contributed by atoms with E-state index in [4.69, 9.17) is 13.9 Å². The third kappa shape index (κ3) is 4.63. The molecule has 3 rings (SSSR count). The van der Waals surface area contributed by atoms with E-state index in [0.717, 1.165) is 6.42 Å². The molecule has 1 amide bonds. The number of benzene rings is 2. The fraction of sp³-hybridized carbons (Fsp3) is 0.227. The quantitative estimate of drug-likeness (QED) is 0.390. The van der Waals surface area contributed by atoms with E-state index in [1.807, 2.05) is 13.8 Å². The first kappa shape index (κ1) is 20.1. The van der Waals surface area contributed by atoms with Crippen molar-refractivity contribution in [3.8, 4) is 11.5 Å². The summed E-state index contributed by atoms with van der Waals surface area (Å²) in [7, 11) is 1.51. The van der Waals surface area contributed by atoms with Crippen molar-refractivity contribution in [1.29, 1.82) is 0 Å². The Hall–Kier alpha value is -3.61. The molecule has 0 radical (unpaired) electrons. The highest BCUT2D eigenvalue weighted by Crippen LogP contribution is 2.22. The van der Waals surface area contributed by atoms with Crippen LogP contribution in [0.4, 0.5) is 0 Å². The van der Waals surface area contributed by atoms with Gasteiger partial charge in [-0.05, 0) is 49.7 Å². The van der Waals surface area contributed by atoms with Crippen LogP contribution in [0.5, 0.6) is 11.5 Å². The Bertz CT molecular complexity index is 1120. The highest BCUT2D eigenvalue weighted by molar-refractivity contribution is 5.97. The van der Waals surface area contributed by atoms with Crippen LogP contribution in [-0.2, 0) is 0 Å². The molecular weight excluding hydrogens is 374 g/mol. The lowest BCUT2D eigenvalue weighted by atomic mass is 10.1. The zero-order valence-corrected chi connectivity index (χ0v) is 16.4. The van der Waals surface area contributed by atoms with Gasteiger partial charge in [0.15, 0.2) is 0 Å². The Morgan fingerprint density at radius 3 is 2.62 bits per heavy atom. The van der Waals surface area contributed by atoms with Gasteiger partial charge in [-0.15, -0.1) is 0 Å². The highest BCUT2D eigenvalue weighted by atomic mass is 16.5. The largest absolute Gasteiger partial charge is 0.497 e. The summed E-state index contributed by atoms with van der Waals surface area (Å²) in [4.78, 5) is 36.8. The van der Waals surface area contributed by atoms with E-state index < -0.39 is 17.5 Å². The molecular formula is C22H21NO6. The molecule has 0 aliphatic carbocycles. The third-order valence-corrected chi connectivity index (χ3v) is 4.46. The molecule has 1 unspecified atom stereocenters. The summed E-state index contributed by atoms with van der Waals surface area (Å²) < 4.78 is 15.7. The van der Waals surface area contributed by atoms with Gasteiger partial charge in [0.2, 0.25) is 0 Å². The predicted octanol–water partition coefficient (Wildman–Crippen LogP) is 3.55. The number of hydrogen-bond donors (Lipinski definition) is 1. The molecule has 0 spiro atoms. The number of fused-ring (bicyclic) bond motifs is 1. The smallest absolute Gasteiger partial charge is 0.349 e. The van der Waals surface area contributed by atoms with E-state index in [2.05, 4.69) is 5.32 Å². The van der Waals surface area contributed by atoms with Crippen LogP contribution in [0, 0.1) is 0 Å². The third-order valence-electron chi connectivity index (χ3n) is 4.46. The zero-order chi connectivity index (χ0) is 21.0. The first-order chi connectivity index (χ1) is 13.9. The number of rotatable bonds is 6. The lowest BCUT2D eigenvalue weighted by molar-refractivity contribution is 0.0734. The fourth-order valence-electron chi connectivity index (χ4n) is 2.63. The molecule has 2 aromatic carbocycles. The molecule has 0 bridgehead atoms. The molecule has 1 aromatic heterocycles. The van der Waals surface area contributed by atoms with Crippen LogP contribution in [0.3, 0.4) is 0 Å². The Labute approximate surface area is 167 Å². The van der Waals surface area contributed by atoms with Crippen LogP contribution >= 0.6 is 0 Å². The Morgan fingerprint density at radius 1 is 1.10 bits per heavy atom. The number of nitrogens with one attached hydrogen (secondary N) is 1. The van der Waals surface area contributed by atoms with Crippen LogP contribution in [0.15, 0.2) is 57.7 Å². The van der Waals surface area contributed by atoms with Crippen LogP contribution in [0.25, 0.3) is 11.0 Å². The first-order valence-corrected chi connectivity index (χ1v) is 9.16. The summed E-state index contributed by atoms with van der Waals surface area (Å²) >= 11 is 0. The average Bonchev–Trinajstić information content (AvgIpc) is 2.72. The first-order valence-electron chi connectivity index (χ1n) is 9.16. The van der Waals surface area contributed by atoms with Crippen LogP contribution in [0.1, 0.15) is 41.0 Å². The number of esters is 1. The fourth-order valence-corrected chi connectivity index (χ4v) is 2.63. The van der Waals surface area contributed by atoms with Gasteiger partial charge in [-0.25, -0.2) is 9.59 Å². The average molecular weight is 395 g/mol. The van der Waals surface area contributed by atoms with E-state index in [9.17, 15) is 14.4 Å². The summed E-state index contributed by atoms with van der Waals surface area (Å²) in [5.41, 5.74) is -0.289. The molecule has 0 saturated heterocycles. The van der Waals surface area contributed by atoms with Crippen LogP contribution < -0.4 is 20.4 Å². The summed E-state index contributed by atoms with van der Waals surface area (Å²) in [5, 5.41) is 3.28. The monoisotopic (exact) mass is 395 g/mol. The number of methoxy groups -OCH3 is 1. The number of ether oxygens (including phenoxy) is 2. The van der Waals surface area contributed by atoms with Crippen molar-refractivity contribution >= 4 is 22.8 Å². The summed E-state index contributed by atoms with van der Waals surface area (Å²) in [6, 6.07) is 12.6. The molecule has 150 valence electrons. The van der Waals surface area contributed by atoms with E-state index in [1.165, 1.54) is 19.2 Å². The minimum atomic E-state index is -0.755. The van der Waals surface area contributed by atoms with Crippen LogP contribution in [-0.4, -0.2) is 25.0 Å². The van der Waals surface area contributed by atoms with Gasteiger partial charge in [0.05, 0.1) is 12.7 Å². The standard InChI is InChI=1S/C22H21NO6/c1-4-13(2)23-20(24)18-11-14-8-9-17(12-19(14)29-22(18)26)28-21(25)15-6-5-7-16(10-15)27-3/h5-13H,4H2,1-3H3,(H,23,24). The van der Waals surface area contributed by atoms with Gasteiger partial charge in [-0.2, -0.15) is 0 Å². The summed E-state index contributed by atoms with van der Waals surface area (Å²) in [5.74, 6) is -0.309. The Balaban J connectivity index is 1.85. The van der Waals surface area contributed by atoms with Gasteiger partial charge in [-0.3, -0.25) is 4.79 Å². The molecule has 29 heavy (non-hydrogen) atoms. The predicted molar refractivity (Wildman–Crippen MR) is 108 cm³/mol. The molecule has 0 saturated carbocycles. The molecule has 1 atom stereocenters. The molecule has 7 nitrogen and oxygen atoms in total. The SMILES string of the molecule is CCC(C)NC(=O)c1cc2ccc(OC(=O)c3cccc(OC)c3)cc2oc1=O. The summed E-state index contributed by atoms with van der Waals surface area (Å²) in [6.07, 6.45) is 0.743. The van der Waals surface area contributed by atoms with Crippen molar-refractivity contribution in [3.63, 3.8) is 0 Å². The molecule has 1 N–H and O–H groups in total. The highest BCUT2D eigenvalue weighted by Gasteiger charge is 2.16. The Kier molecular flexibility index (Phi) is 5.97. The van der Waals surface area contributed by atoms with E-state index >= 15 is 0 Å². The van der Waals surface area contributed by atoms with Gasteiger partial charge >= 0.3 is 11.6 Å². The number of carbonyl (C=O) groups excluding carboxylic acids is 2. The maximum atomic E-state index is 12.3. The second-order valence-electron chi connectivity index (χ2n) is 6.55. The van der Waals surface area contributed by atoms with Crippen molar-refractivity contribution in [2.24, 2.45) is 0 Å². The second-order valence-corrected chi connectivity index (χ2v) is 6.55. The minimum absolute atomic E-state index is 0.0593. The van der Waals surface area contributed by atoms with Gasteiger partial charge in [0.1, 0.15) is 22.6 Å². The lowest BCUT2D eigenvalue weighted by Gasteiger charge is -2.11. The molecule has 7 heteroatoms. The van der Waals surface area contributed by atoms with Gasteiger partial charge in [0, 0.05) is 17.5 Å².